The van der Waals surface area contributed by atoms with Gasteiger partial charge in [-0.15, -0.1) is 0 Å². The molecule has 1 saturated carbocycles. The van der Waals surface area contributed by atoms with E-state index in [-0.39, 0.29) is 5.78 Å². The number of halogens is 2. The summed E-state index contributed by atoms with van der Waals surface area (Å²) < 4.78 is 1.93. The van der Waals surface area contributed by atoms with E-state index >= 15 is 0 Å². The lowest BCUT2D eigenvalue weighted by Gasteiger charge is -2.28. The van der Waals surface area contributed by atoms with Crippen LogP contribution in [0, 0.1) is 5.92 Å². The van der Waals surface area contributed by atoms with Crippen LogP contribution in [0.4, 0.5) is 11.5 Å². The number of carbonyl (C=O) groups excluding carboxylic acids is 1. The van der Waals surface area contributed by atoms with Gasteiger partial charge in [0.05, 0.1) is 28.5 Å². The first-order valence-corrected chi connectivity index (χ1v) is 12.5. The molecule has 1 aliphatic carbocycles. The minimum atomic E-state index is -0.850. The number of nitrogens with two attached hydrogens (primary N) is 2. The van der Waals surface area contributed by atoms with E-state index in [0.29, 0.717) is 72.0 Å². The lowest BCUT2D eigenvalue weighted by molar-refractivity contribution is -0.123. The van der Waals surface area contributed by atoms with Gasteiger partial charge in [0, 0.05) is 37.3 Å². The summed E-state index contributed by atoms with van der Waals surface area (Å²) in [6.45, 7) is 2.16. The first-order chi connectivity index (χ1) is 16.7. The molecule has 0 bridgehead atoms. The lowest BCUT2D eigenvalue weighted by atomic mass is 9.91. The highest BCUT2D eigenvalue weighted by Crippen LogP contribution is 2.41. The smallest absolute Gasteiger partial charge is 0.165 e. The Balaban J connectivity index is 1.56. The topological polar surface area (TPSA) is 119 Å². The van der Waals surface area contributed by atoms with Crippen molar-refractivity contribution in [2.45, 2.75) is 44.3 Å². The average Bonchev–Trinajstić information content (AvgIpc) is 3.38. The summed E-state index contributed by atoms with van der Waals surface area (Å²) >= 11 is 13.4. The molecular formula is C24H30Cl2N8O. The summed E-state index contributed by atoms with van der Waals surface area (Å²) in [5.41, 5.74) is 15.8. The van der Waals surface area contributed by atoms with E-state index in [9.17, 15) is 4.79 Å². The van der Waals surface area contributed by atoms with Crippen LogP contribution in [0.3, 0.4) is 0 Å². The number of aromatic nitrogens is 4. The fourth-order valence-electron chi connectivity index (χ4n) is 4.88. The van der Waals surface area contributed by atoms with Crippen molar-refractivity contribution in [1.29, 1.82) is 0 Å². The highest BCUT2D eigenvalue weighted by molar-refractivity contribution is 6.42. The van der Waals surface area contributed by atoms with Crippen molar-refractivity contribution in [2.75, 3.05) is 37.8 Å². The van der Waals surface area contributed by atoms with Crippen molar-refractivity contribution in [3.63, 3.8) is 0 Å². The number of anilines is 2. The molecule has 0 amide bonds. The van der Waals surface area contributed by atoms with Crippen molar-refractivity contribution in [3.8, 4) is 0 Å². The number of nitrogens with zero attached hydrogens (tertiary/aromatic N) is 6. The van der Waals surface area contributed by atoms with Gasteiger partial charge in [0.15, 0.2) is 17.2 Å². The number of rotatable bonds is 8. The third kappa shape index (κ3) is 4.70. The number of Topliss-reactive ketones (excluding diaryl/α,β-unsaturated/α-hetero) is 1. The molecule has 2 aliphatic rings. The fourth-order valence-corrected chi connectivity index (χ4v) is 5.33. The minimum Gasteiger partial charge on any atom is -0.382 e. The third-order valence-electron chi connectivity index (χ3n) is 7.01. The van der Waals surface area contributed by atoms with Crippen LogP contribution < -0.4 is 16.4 Å². The second-order valence-electron chi connectivity index (χ2n) is 10.1. The molecule has 2 aromatic heterocycles. The monoisotopic (exact) mass is 516 g/mol. The maximum absolute atomic E-state index is 13.0. The van der Waals surface area contributed by atoms with Gasteiger partial charge < -0.3 is 25.8 Å². The van der Waals surface area contributed by atoms with Gasteiger partial charge in [0.1, 0.15) is 11.8 Å². The van der Waals surface area contributed by atoms with Crippen molar-refractivity contribution >= 4 is 51.7 Å². The van der Waals surface area contributed by atoms with Gasteiger partial charge >= 0.3 is 0 Å². The van der Waals surface area contributed by atoms with Gasteiger partial charge in [-0.2, -0.15) is 0 Å². The lowest BCUT2D eigenvalue weighted by Crippen LogP contribution is -2.50. The quantitative estimate of drug-likeness (QED) is 0.468. The molecule has 1 atom stereocenters. The molecule has 4 N–H and O–H groups in total. The Bertz CT molecular complexity index is 1290. The molecule has 11 heteroatoms. The van der Waals surface area contributed by atoms with Crippen LogP contribution in [-0.4, -0.2) is 62.9 Å². The van der Waals surface area contributed by atoms with E-state index in [1.165, 1.54) is 6.33 Å². The molecule has 0 spiro atoms. The molecule has 0 unspecified atom stereocenters. The van der Waals surface area contributed by atoms with Crippen LogP contribution in [0.25, 0.3) is 11.2 Å². The highest BCUT2D eigenvalue weighted by Gasteiger charge is 2.43. The molecular weight excluding hydrogens is 487 g/mol. The average molecular weight is 517 g/mol. The Kier molecular flexibility index (Phi) is 6.37. The van der Waals surface area contributed by atoms with Crippen LogP contribution in [0.1, 0.15) is 36.8 Å². The summed E-state index contributed by atoms with van der Waals surface area (Å²) in [6.07, 6.45) is 6.58. The standard InChI is InChI=1S/C24H30Cl2N8O/c1-32(2)9-16-15(10-34-13-31-21-22(27)29-12-30-23(21)34)18(8-17(25)20(16)26)33-6-5-24(28,11-33)19(35)7-14-3-4-14/h8,12-14H,3-7,9-11,28H2,1-2H3,(H2,27,29,30)/t24-/m1/s1. The summed E-state index contributed by atoms with van der Waals surface area (Å²) in [5, 5.41) is 0.990. The van der Waals surface area contributed by atoms with Crippen LogP contribution in [0.5, 0.6) is 0 Å². The zero-order valence-electron chi connectivity index (χ0n) is 20.0. The summed E-state index contributed by atoms with van der Waals surface area (Å²) in [7, 11) is 3.97. The highest BCUT2D eigenvalue weighted by atomic mass is 35.5. The van der Waals surface area contributed by atoms with Gasteiger partial charge in [0.25, 0.3) is 0 Å². The molecule has 35 heavy (non-hydrogen) atoms. The SMILES string of the molecule is CN(C)Cc1c(Cl)c(Cl)cc(N2CC[C@](N)(C(=O)CC3CC3)C2)c1Cn1cnc2c(N)ncnc21. The van der Waals surface area contributed by atoms with E-state index < -0.39 is 5.54 Å². The maximum atomic E-state index is 13.0. The number of fused-ring (bicyclic) bond motifs is 1. The largest absolute Gasteiger partial charge is 0.382 e. The number of carbonyl (C=O) groups is 1. The minimum absolute atomic E-state index is 0.158. The van der Waals surface area contributed by atoms with E-state index in [4.69, 9.17) is 34.7 Å². The van der Waals surface area contributed by atoms with E-state index in [1.807, 2.05) is 29.6 Å². The Labute approximate surface area is 214 Å². The molecule has 3 aromatic rings. The summed E-state index contributed by atoms with van der Waals surface area (Å²) in [5.74, 6) is 0.997. The Morgan fingerprint density at radius 2 is 2.00 bits per heavy atom. The molecule has 1 saturated heterocycles. The van der Waals surface area contributed by atoms with Crippen LogP contribution in [0.15, 0.2) is 18.7 Å². The number of imidazole rings is 1. The fraction of sp³-hybridized carbons (Fsp3) is 0.500. The Morgan fingerprint density at radius 1 is 1.23 bits per heavy atom. The normalized spacial score (nSPS) is 20.3. The number of nitrogen functional groups attached to an aromatic ring is 1. The number of ketones is 1. The predicted molar refractivity (Wildman–Crippen MR) is 139 cm³/mol. The third-order valence-corrected chi connectivity index (χ3v) is 7.84. The van der Waals surface area contributed by atoms with E-state index in [1.54, 1.807) is 6.33 Å². The molecule has 0 radical (unpaired) electrons. The zero-order chi connectivity index (χ0) is 24.9. The van der Waals surface area contributed by atoms with Crippen molar-refractivity contribution in [3.05, 3.63) is 39.9 Å². The molecule has 2 fully saturated rings. The van der Waals surface area contributed by atoms with Gasteiger partial charge in [-0.25, -0.2) is 15.0 Å². The first kappa shape index (κ1) is 24.2. The Morgan fingerprint density at radius 3 is 2.71 bits per heavy atom. The molecule has 5 rings (SSSR count). The van der Waals surface area contributed by atoms with E-state index in [0.717, 1.165) is 29.7 Å². The molecule has 186 valence electrons. The van der Waals surface area contributed by atoms with Crippen LogP contribution in [0.2, 0.25) is 10.0 Å². The molecule has 1 aliphatic heterocycles. The zero-order valence-corrected chi connectivity index (χ0v) is 21.5. The van der Waals surface area contributed by atoms with Crippen LogP contribution >= 0.6 is 23.2 Å². The second-order valence-corrected chi connectivity index (χ2v) is 10.9. The Hall–Kier alpha value is -2.46. The van der Waals surface area contributed by atoms with Crippen molar-refractivity contribution < 1.29 is 4.79 Å². The van der Waals surface area contributed by atoms with Crippen molar-refractivity contribution in [2.24, 2.45) is 11.7 Å². The molecule has 1 aromatic carbocycles. The van der Waals surface area contributed by atoms with Gasteiger partial charge in [-0.05, 0) is 50.9 Å². The first-order valence-electron chi connectivity index (χ1n) is 11.8. The predicted octanol–water partition coefficient (Wildman–Crippen LogP) is 3.10. The van der Waals surface area contributed by atoms with Crippen LogP contribution in [-0.2, 0) is 17.9 Å². The molecule has 3 heterocycles. The number of hydrogen-bond acceptors (Lipinski definition) is 8. The van der Waals surface area contributed by atoms with Gasteiger partial charge in [0.2, 0.25) is 0 Å². The summed E-state index contributed by atoms with van der Waals surface area (Å²) in [4.78, 5) is 30.1. The number of benzene rings is 1. The van der Waals surface area contributed by atoms with Gasteiger partial charge in [-0.1, -0.05) is 23.2 Å². The summed E-state index contributed by atoms with van der Waals surface area (Å²) in [6, 6.07) is 1.89. The molecule has 9 nitrogen and oxygen atoms in total. The van der Waals surface area contributed by atoms with E-state index in [2.05, 4.69) is 19.9 Å². The van der Waals surface area contributed by atoms with Crippen molar-refractivity contribution in [1.82, 2.24) is 24.4 Å². The van der Waals surface area contributed by atoms with Gasteiger partial charge in [-0.3, -0.25) is 4.79 Å². The maximum Gasteiger partial charge on any atom is 0.165 e. The second kappa shape index (κ2) is 9.20. The number of hydrogen-bond donors (Lipinski definition) is 2.